The number of aryl methyl sites for hydroxylation is 1. The van der Waals surface area contributed by atoms with Gasteiger partial charge in [0.25, 0.3) is 11.8 Å². The standard InChI is InChI=1S/C16H22N2O6S/c1-11-5-4-6-12(9-11)15(20)18-13(7-8-25(3,22)23)16(21)24-10-14(19)17-2/h4-6,9,13H,7-8,10H2,1-3H3,(H,17,19)(H,18,20)/t13-/m0/s1. The number of hydrogen-bond donors (Lipinski definition) is 2. The highest BCUT2D eigenvalue weighted by Gasteiger charge is 2.25. The molecule has 138 valence electrons. The highest BCUT2D eigenvalue weighted by molar-refractivity contribution is 7.90. The van der Waals surface area contributed by atoms with Gasteiger partial charge in [-0.05, 0) is 25.5 Å². The Hall–Kier alpha value is -2.42. The molecule has 0 unspecified atom stereocenters. The van der Waals surface area contributed by atoms with Gasteiger partial charge >= 0.3 is 5.97 Å². The Bertz CT molecular complexity index is 745. The number of benzene rings is 1. The van der Waals surface area contributed by atoms with Crippen LogP contribution in [0.5, 0.6) is 0 Å². The van der Waals surface area contributed by atoms with Gasteiger partial charge in [0.15, 0.2) is 6.61 Å². The highest BCUT2D eigenvalue weighted by atomic mass is 32.2. The lowest BCUT2D eigenvalue weighted by Crippen LogP contribution is -2.43. The maximum atomic E-state index is 12.3. The first-order valence-electron chi connectivity index (χ1n) is 7.55. The van der Waals surface area contributed by atoms with Crippen LogP contribution in [0.1, 0.15) is 22.3 Å². The molecule has 0 saturated carbocycles. The summed E-state index contributed by atoms with van der Waals surface area (Å²) in [5, 5.41) is 4.75. The Morgan fingerprint density at radius 3 is 2.48 bits per heavy atom. The van der Waals surface area contributed by atoms with Crippen LogP contribution in [0.25, 0.3) is 0 Å². The van der Waals surface area contributed by atoms with E-state index in [1.54, 1.807) is 18.2 Å². The third kappa shape index (κ3) is 7.79. The smallest absolute Gasteiger partial charge is 0.329 e. The Balaban J connectivity index is 2.84. The van der Waals surface area contributed by atoms with Gasteiger partial charge in [0.05, 0.1) is 5.75 Å². The number of likely N-dealkylation sites (N-methyl/N-ethyl adjacent to an activating group) is 1. The average Bonchev–Trinajstić information content (AvgIpc) is 2.54. The molecule has 8 nitrogen and oxygen atoms in total. The Kier molecular flexibility index (Phi) is 7.56. The Morgan fingerprint density at radius 1 is 1.24 bits per heavy atom. The molecule has 2 N–H and O–H groups in total. The minimum atomic E-state index is -3.33. The van der Waals surface area contributed by atoms with Crippen LogP contribution in [0.2, 0.25) is 0 Å². The molecule has 0 aliphatic carbocycles. The van der Waals surface area contributed by atoms with Crippen molar-refractivity contribution >= 4 is 27.6 Å². The van der Waals surface area contributed by atoms with Crippen molar-refractivity contribution in [2.45, 2.75) is 19.4 Å². The zero-order valence-corrected chi connectivity index (χ0v) is 15.2. The van der Waals surface area contributed by atoms with E-state index in [-0.39, 0.29) is 12.2 Å². The molecule has 0 aliphatic rings. The topological polar surface area (TPSA) is 119 Å². The molecule has 1 rings (SSSR count). The van der Waals surface area contributed by atoms with Crippen molar-refractivity contribution in [3.05, 3.63) is 35.4 Å². The SMILES string of the molecule is CNC(=O)COC(=O)[C@H](CCS(C)(=O)=O)NC(=O)c1cccc(C)c1. The number of sulfone groups is 1. The molecule has 25 heavy (non-hydrogen) atoms. The van der Waals surface area contributed by atoms with E-state index in [0.717, 1.165) is 11.8 Å². The van der Waals surface area contributed by atoms with Crippen LogP contribution >= 0.6 is 0 Å². The highest BCUT2D eigenvalue weighted by Crippen LogP contribution is 2.06. The number of carbonyl (C=O) groups is 3. The van der Waals surface area contributed by atoms with Crippen LogP contribution in [0, 0.1) is 6.92 Å². The number of hydrogen-bond acceptors (Lipinski definition) is 6. The van der Waals surface area contributed by atoms with E-state index in [9.17, 15) is 22.8 Å². The first kappa shape index (κ1) is 20.6. The van der Waals surface area contributed by atoms with Gasteiger partial charge in [-0.1, -0.05) is 17.7 Å². The average molecular weight is 370 g/mol. The molecule has 0 aromatic heterocycles. The number of rotatable bonds is 8. The van der Waals surface area contributed by atoms with Crippen molar-refractivity contribution in [3.63, 3.8) is 0 Å². The van der Waals surface area contributed by atoms with E-state index in [0.29, 0.717) is 5.56 Å². The minimum Gasteiger partial charge on any atom is -0.454 e. The Morgan fingerprint density at radius 2 is 1.92 bits per heavy atom. The van der Waals surface area contributed by atoms with E-state index in [1.807, 2.05) is 13.0 Å². The van der Waals surface area contributed by atoms with Gasteiger partial charge in [-0.2, -0.15) is 0 Å². The van der Waals surface area contributed by atoms with Crippen molar-refractivity contribution in [2.24, 2.45) is 0 Å². The van der Waals surface area contributed by atoms with Crippen molar-refractivity contribution in [1.29, 1.82) is 0 Å². The third-order valence-corrected chi connectivity index (χ3v) is 4.25. The lowest BCUT2D eigenvalue weighted by molar-refractivity contribution is -0.150. The second kappa shape index (κ2) is 9.16. The molecule has 0 aliphatic heterocycles. The van der Waals surface area contributed by atoms with Gasteiger partial charge in [-0.25, -0.2) is 13.2 Å². The molecule has 0 saturated heterocycles. The van der Waals surface area contributed by atoms with E-state index < -0.39 is 40.3 Å². The predicted molar refractivity (Wildman–Crippen MR) is 91.8 cm³/mol. The monoisotopic (exact) mass is 370 g/mol. The third-order valence-electron chi connectivity index (χ3n) is 3.27. The zero-order valence-electron chi connectivity index (χ0n) is 14.4. The summed E-state index contributed by atoms with van der Waals surface area (Å²) in [6.07, 6.45) is 0.880. The van der Waals surface area contributed by atoms with Gasteiger partial charge < -0.3 is 15.4 Å². The second-order valence-electron chi connectivity index (χ2n) is 5.59. The second-order valence-corrected chi connectivity index (χ2v) is 7.85. The first-order valence-corrected chi connectivity index (χ1v) is 9.61. The van der Waals surface area contributed by atoms with E-state index in [2.05, 4.69) is 10.6 Å². The predicted octanol–water partition coefficient (Wildman–Crippen LogP) is -0.183. The van der Waals surface area contributed by atoms with Gasteiger partial charge in [0, 0.05) is 18.9 Å². The van der Waals surface area contributed by atoms with Crippen LogP contribution in [-0.2, 0) is 24.2 Å². The first-order chi connectivity index (χ1) is 11.6. The maximum absolute atomic E-state index is 12.3. The van der Waals surface area contributed by atoms with Crippen LogP contribution in [0.4, 0.5) is 0 Å². The fraction of sp³-hybridized carbons (Fsp3) is 0.438. The summed E-state index contributed by atoms with van der Waals surface area (Å²) < 4.78 is 27.5. The molecule has 1 aromatic rings. The fourth-order valence-electron chi connectivity index (χ4n) is 1.92. The number of nitrogens with one attached hydrogen (secondary N) is 2. The zero-order chi connectivity index (χ0) is 19.0. The molecule has 1 aromatic carbocycles. The molecule has 2 amide bonds. The summed E-state index contributed by atoms with van der Waals surface area (Å²) >= 11 is 0. The Labute approximate surface area is 146 Å². The summed E-state index contributed by atoms with van der Waals surface area (Å²) in [4.78, 5) is 35.6. The van der Waals surface area contributed by atoms with Crippen molar-refractivity contribution < 1.29 is 27.5 Å². The summed E-state index contributed by atoms with van der Waals surface area (Å²) in [6.45, 7) is 1.31. The maximum Gasteiger partial charge on any atom is 0.329 e. The van der Waals surface area contributed by atoms with Gasteiger partial charge in [-0.15, -0.1) is 0 Å². The molecule has 9 heteroatoms. The molecular weight excluding hydrogens is 348 g/mol. The molecule has 1 atom stereocenters. The normalized spacial score (nSPS) is 12.1. The van der Waals surface area contributed by atoms with Crippen LogP contribution in [0.15, 0.2) is 24.3 Å². The van der Waals surface area contributed by atoms with Crippen molar-refractivity contribution in [3.8, 4) is 0 Å². The van der Waals surface area contributed by atoms with Gasteiger partial charge in [0.1, 0.15) is 15.9 Å². The number of carbonyl (C=O) groups excluding carboxylic acids is 3. The fourth-order valence-corrected chi connectivity index (χ4v) is 2.58. The van der Waals surface area contributed by atoms with Crippen molar-refractivity contribution in [1.82, 2.24) is 10.6 Å². The largest absolute Gasteiger partial charge is 0.454 e. The molecule has 0 spiro atoms. The quantitative estimate of drug-likeness (QED) is 0.613. The lowest BCUT2D eigenvalue weighted by atomic mass is 10.1. The summed E-state index contributed by atoms with van der Waals surface area (Å²) in [6, 6.07) is 5.55. The van der Waals surface area contributed by atoms with E-state index in [4.69, 9.17) is 4.74 Å². The van der Waals surface area contributed by atoms with Crippen LogP contribution < -0.4 is 10.6 Å². The molecule has 0 bridgehead atoms. The van der Waals surface area contributed by atoms with Crippen LogP contribution in [0.3, 0.4) is 0 Å². The number of amides is 2. The molecule has 0 heterocycles. The molecule has 0 fully saturated rings. The van der Waals surface area contributed by atoms with Gasteiger partial charge in [0.2, 0.25) is 0 Å². The summed E-state index contributed by atoms with van der Waals surface area (Å²) in [5.74, 6) is -2.21. The molecular formula is C16H22N2O6S. The molecule has 0 radical (unpaired) electrons. The van der Waals surface area contributed by atoms with E-state index >= 15 is 0 Å². The summed E-state index contributed by atoms with van der Waals surface area (Å²) in [5.41, 5.74) is 1.20. The minimum absolute atomic E-state index is 0.150. The lowest BCUT2D eigenvalue weighted by Gasteiger charge is -2.17. The van der Waals surface area contributed by atoms with E-state index in [1.165, 1.54) is 7.05 Å². The van der Waals surface area contributed by atoms with Gasteiger partial charge in [-0.3, -0.25) is 9.59 Å². The summed E-state index contributed by atoms with van der Waals surface area (Å²) in [7, 11) is -1.95. The number of esters is 1. The van der Waals surface area contributed by atoms with Crippen molar-refractivity contribution in [2.75, 3.05) is 25.7 Å². The van der Waals surface area contributed by atoms with Crippen LogP contribution in [-0.4, -0.2) is 57.9 Å². The number of ether oxygens (including phenoxy) is 1.